The molecule has 0 saturated carbocycles. The summed E-state index contributed by atoms with van der Waals surface area (Å²) in [5.74, 6) is -0.802. The molecule has 0 amide bonds. The maximum atomic E-state index is 13.1. The quantitative estimate of drug-likeness (QED) is 0.730. The van der Waals surface area contributed by atoms with Crippen molar-refractivity contribution in [1.29, 1.82) is 0 Å². The van der Waals surface area contributed by atoms with Gasteiger partial charge in [-0.15, -0.1) is 18.3 Å². The third kappa shape index (κ3) is 3.77. The number of aliphatic hydroxyl groups excluding tert-OH is 1. The molecule has 3 aromatic rings. The van der Waals surface area contributed by atoms with Gasteiger partial charge in [0.2, 0.25) is 0 Å². The van der Waals surface area contributed by atoms with Crippen LogP contribution in [0.3, 0.4) is 0 Å². The average molecular weight is 353 g/mol. The Hall–Kier alpha value is -2.94. The molecular formula is C16H11F4N3O2. The van der Waals surface area contributed by atoms with E-state index >= 15 is 0 Å². The van der Waals surface area contributed by atoms with Crippen LogP contribution in [0.4, 0.5) is 17.6 Å². The molecule has 9 heteroatoms. The zero-order chi connectivity index (χ0) is 18.0. The van der Waals surface area contributed by atoms with Gasteiger partial charge in [0.15, 0.2) is 0 Å². The van der Waals surface area contributed by atoms with Gasteiger partial charge in [-0.2, -0.15) is 0 Å². The summed E-state index contributed by atoms with van der Waals surface area (Å²) in [6.45, 7) is -0.401. The van der Waals surface area contributed by atoms with Crippen LogP contribution in [0.25, 0.3) is 16.9 Å². The third-order valence-corrected chi connectivity index (χ3v) is 3.32. The normalized spacial score (nSPS) is 11.6. The molecular weight excluding hydrogens is 342 g/mol. The van der Waals surface area contributed by atoms with E-state index in [9.17, 15) is 22.7 Å². The van der Waals surface area contributed by atoms with Gasteiger partial charge < -0.3 is 9.84 Å². The molecule has 25 heavy (non-hydrogen) atoms. The average Bonchev–Trinajstić information content (AvgIpc) is 2.99. The first-order chi connectivity index (χ1) is 11.9. The summed E-state index contributed by atoms with van der Waals surface area (Å²) >= 11 is 0. The number of nitrogens with zero attached hydrogens (tertiary/aromatic N) is 3. The van der Waals surface area contributed by atoms with Gasteiger partial charge in [0.1, 0.15) is 23.0 Å². The SMILES string of the molecule is OCc1nnn(-c2ccc(OC(F)(F)F)cc2)c1-c1ccc(F)cc1. The van der Waals surface area contributed by atoms with E-state index in [4.69, 9.17) is 0 Å². The highest BCUT2D eigenvalue weighted by Gasteiger charge is 2.31. The number of hydrogen-bond acceptors (Lipinski definition) is 4. The Labute approximate surface area is 139 Å². The molecule has 130 valence electrons. The van der Waals surface area contributed by atoms with Crippen molar-refractivity contribution in [3.8, 4) is 22.7 Å². The Morgan fingerprint density at radius 2 is 1.64 bits per heavy atom. The number of ether oxygens (including phenoxy) is 1. The minimum atomic E-state index is -4.78. The van der Waals surface area contributed by atoms with Crippen LogP contribution in [-0.4, -0.2) is 26.5 Å². The molecule has 5 nitrogen and oxygen atoms in total. The molecule has 0 bridgehead atoms. The van der Waals surface area contributed by atoms with Crippen molar-refractivity contribution < 1.29 is 27.4 Å². The van der Waals surface area contributed by atoms with E-state index < -0.39 is 18.8 Å². The van der Waals surface area contributed by atoms with Gasteiger partial charge in [-0.05, 0) is 48.5 Å². The lowest BCUT2D eigenvalue weighted by Gasteiger charge is -2.11. The highest BCUT2D eigenvalue weighted by molar-refractivity contribution is 5.64. The Morgan fingerprint density at radius 3 is 2.20 bits per heavy atom. The number of rotatable bonds is 4. The molecule has 1 aromatic heterocycles. The summed E-state index contributed by atoms with van der Waals surface area (Å²) in [6, 6.07) is 10.5. The number of aromatic nitrogens is 3. The molecule has 0 spiro atoms. The van der Waals surface area contributed by atoms with Crippen molar-refractivity contribution >= 4 is 0 Å². The summed E-state index contributed by atoms with van der Waals surface area (Å²) in [5.41, 5.74) is 1.61. The summed E-state index contributed by atoms with van der Waals surface area (Å²) in [5, 5.41) is 17.2. The summed E-state index contributed by atoms with van der Waals surface area (Å²) in [7, 11) is 0. The summed E-state index contributed by atoms with van der Waals surface area (Å²) in [6.07, 6.45) is -4.78. The van der Waals surface area contributed by atoms with Crippen molar-refractivity contribution in [2.75, 3.05) is 0 Å². The van der Waals surface area contributed by atoms with Crippen LogP contribution in [0.1, 0.15) is 5.69 Å². The van der Waals surface area contributed by atoms with Gasteiger partial charge >= 0.3 is 6.36 Å². The summed E-state index contributed by atoms with van der Waals surface area (Å²) in [4.78, 5) is 0. The first-order valence-electron chi connectivity index (χ1n) is 7.05. The second kappa shape index (κ2) is 6.52. The van der Waals surface area contributed by atoms with Crippen molar-refractivity contribution in [2.24, 2.45) is 0 Å². The lowest BCUT2D eigenvalue weighted by atomic mass is 10.1. The first-order valence-corrected chi connectivity index (χ1v) is 7.05. The lowest BCUT2D eigenvalue weighted by molar-refractivity contribution is -0.274. The molecule has 0 unspecified atom stereocenters. The highest BCUT2D eigenvalue weighted by atomic mass is 19.4. The molecule has 0 radical (unpaired) electrons. The Bertz CT molecular complexity index is 859. The smallest absolute Gasteiger partial charge is 0.406 e. The van der Waals surface area contributed by atoms with E-state index in [1.54, 1.807) is 0 Å². The van der Waals surface area contributed by atoms with E-state index in [-0.39, 0.29) is 11.4 Å². The van der Waals surface area contributed by atoms with Crippen LogP contribution in [0.5, 0.6) is 5.75 Å². The van der Waals surface area contributed by atoms with Gasteiger partial charge in [0.25, 0.3) is 0 Å². The minimum Gasteiger partial charge on any atom is -0.406 e. The number of halogens is 4. The molecule has 0 aliphatic carbocycles. The topological polar surface area (TPSA) is 60.2 Å². The maximum absolute atomic E-state index is 13.1. The first kappa shape index (κ1) is 16.9. The molecule has 1 heterocycles. The second-order valence-corrected chi connectivity index (χ2v) is 5.00. The van der Waals surface area contributed by atoms with Gasteiger partial charge in [0, 0.05) is 5.56 Å². The Morgan fingerprint density at radius 1 is 1.00 bits per heavy atom. The van der Waals surface area contributed by atoms with E-state index in [0.29, 0.717) is 16.9 Å². The van der Waals surface area contributed by atoms with Gasteiger partial charge in [0.05, 0.1) is 12.3 Å². The molecule has 3 rings (SSSR count). The molecule has 0 aliphatic heterocycles. The van der Waals surface area contributed by atoms with Crippen LogP contribution in [-0.2, 0) is 6.61 Å². The standard InChI is InChI=1S/C16H11F4N3O2/c17-11-3-1-10(2-4-11)15-14(9-24)21-22-23(15)12-5-7-13(8-6-12)25-16(18,19)20/h1-8,24H,9H2. The van der Waals surface area contributed by atoms with Crippen LogP contribution in [0.2, 0.25) is 0 Å². The van der Waals surface area contributed by atoms with E-state index in [1.807, 2.05) is 0 Å². The zero-order valence-electron chi connectivity index (χ0n) is 12.5. The number of alkyl halides is 3. The molecule has 0 atom stereocenters. The van der Waals surface area contributed by atoms with Crippen LogP contribution >= 0.6 is 0 Å². The second-order valence-electron chi connectivity index (χ2n) is 5.00. The molecule has 2 aromatic carbocycles. The monoisotopic (exact) mass is 353 g/mol. The van der Waals surface area contributed by atoms with E-state index in [1.165, 1.54) is 41.1 Å². The Balaban J connectivity index is 2.00. The maximum Gasteiger partial charge on any atom is 0.573 e. The van der Waals surface area contributed by atoms with Crippen molar-refractivity contribution in [3.05, 3.63) is 60.0 Å². The molecule has 0 fully saturated rings. The lowest BCUT2D eigenvalue weighted by Crippen LogP contribution is -2.17. The number of hydrogen-bond donors (Lipinski definition) is 1. The number of aliphatic hydroxyl groups is 1. The predicted molar refractivity (Wildman–Crippen MR) is 79.4 cm³/mol. The molecule has 0 saturated heterocycles. The fourth-order valence-electron chi connectivity index (χ4n) is 2.29. The third-order valence-electron chi connectivity index (χ3n) is 3.32. The van der Waals surface area contributed by atoms with Crippen molar-refractivity contribution in [1.82, 2.24) is 15.0 Å². The predicted octanol–water partition coefficient (Wildman–Crippen LogP) is 3.46. The fourth-order valence-corrected chi connectivity index (χ4v) is 2.29. The van der Waals surface area contributed by atoms with Gasteiger partial charge in [-0.3, -0.25) is 0 Å². The Kier molecular flexibility index (Phi) is 4.41. The number of benzene rings is 2. The summed E-state index contributed by atoms with van der Waals surface area (Å²) < 4.78 is 55.0. The molecule has 0 aliphatic rings. The van der Waals surface area contributed by atoms with Crippen LogP contribution < -0.4 is 4.74 Å². The minimum absolute atomic E-state index is 0.252. The molecule has 1 N–H and O–H groups in total. The van der Waals surface area contributed by atoms with Crippen molar-refractivity contribution in [2.45, 2.75) is 13.0 Å². The van der Waals surface area contributed by atoms with Crippen molar-refractivity contribution in [3.63, 3.8) is 0 Å². The van der Waals surface area contributed by atoms with Crippen LogP contribution in [0, 0.1) is 5.82 Å². The fraction of sp³-hybridized carbons (Fsp3) is 0.125. The zero-order valence-corrected chi connectivity index (χ0v) is 12.5. The van der Waals surface area contributed by atoms with Gasteiger partial charge in [-0.25, -0.2) is 9.07 Å². The highest BCUT2D eigenvalue weighted by Crippen LogP contribution is 2.28. The van der Waals surface area contributed by atoms with E-state index in [0.717, 1.165) is 12.1 Å². The van der Waals surface area contributed by atoms with Crippen LogP contribution in [0.15, 0.2) is 48.5 Å². The van der Waals surface area contributed by atoms with E-state index in [2.05, 4.69) is 15.0 Å². The largest absolute Gasteiger partial charge is 0.573 e. The van der Waals surface area contributed by atoms with Gasteiger partial charge in [-0.1, -0.05) is 5.21 Å².